The van der Waals surface area contributed by atoms with Crippen LogP contribution in [-0.4, -0.2) is 30.2 Å². The third-order valence-electron chi connectivity index (χ3n) is 3.06. The maximum Gasteiger partial charge on any atom is 0.410 e. The lowest BCUT2D eigenvalue weighted by atomic mass is 10.1. The summed E-state index contributed by atoms with van der Waals surface area (Å²) in [5, 5.41) is 0. The smallest absolute Gasteiger partial charge is 0.410 e. The molecule has 1 unspecified atom stereocenters. The standard InChI is InChI=1S/C13H17FN2O2/c14-11-4-1-3-10(7-11)8-16-12(5-2-6-15)9-18-13(16)17/h1,3-4,7,12H,2,5-6,8-9,15H2. The van der Waals surface area contributed by atoms with Crippen LogP contribution in [0.25, 0.3) is 0 Å². The lowest BCUT2D eigenvalue weighted by Crippen LogP contribution is -2.33. The van der Waals surface area contributed by atoms with E-state index in [1.165, 1.54) is 12.1 Å². The molecule has 0 bridgehead atoms. The average Bonchev–Trinajstić information content (AvgIpc) is 2.69. The van der Waals surface area contributed by atoms with Gasteiger partial charge in [-0.3, -0.25) is 4.90 Å². The van der Waals surface area contributed by atoms with Crippen LogP contribution in [-0.2, 0) is 11.3 Å². The fraction of sp³-hybridized carbons (Fsp3) is 0.462. The summed E-state index contributed by atoms with van der Waals surface area (Å²) in [7, 11) is 0. The fourth-order valence-electron chi connectivity index (χ4n) is 2.11. The summed E-state index contributed by atoms with van der Waals surface area (Å²) >= 11 is 0. The minimum atomic E-state index is -0.332. The molecule has 1 aromatic rings. The van der Waals surface area contributed by atoms with Gasteiger partial charge in [-0.2, -0.15) is 0 Å². The molecule has 1 atom stereocenters. The molecule has 1 aliphatic heterocycles. The van der Waals surface area contributed by atoms with Crippen molar-refractivity contribution in [2.45, 2.75) is 25.4 Å². The predicted molar refractivity (Wildman–Crippen MR) is 65.4 cm³/mol. The third kappa shape index (κ3) is 2.98. The SMILES string of the molecule is NCCCC1COC(=O)N1Cc1cccc(F)c1. The molecule has 1 aromatic carbocycles. The van der Waals surface area contributed by atoms with Gasteiger partial charge in [-0.25, -0.2) is 9.18 Å². The first kappa shape index (κ1) is 12.8. The van der Waals surface area contributed by atoms with Crippen molar-refractivity contribution in [3.8, 4) is 0 Å². The normalized spacial score (nSPS) is 19.1. The highest BCUT2D eigenvalue weighted by Crippen LogP contribution is 2.20. The molecule has 1 aliphatic rings. The zero-order valence-corrected chi connectivity index (χ0v) is 10.1. The molecule has 1 saturated heterocycles. The lowest BCUT2D eigenvalue weighted by molar-refractivity contribution is 0.156. The van der Waals surface area contributed by atoms with Crippen molar-refractivity contribution in [2.24, 2.45) is 5.73 Å². The van der Waals surface area contributed by atoms with E-state index >= 15 is 0 Å². The monoisotopic (exact) mass is 252 g/mol. The Labute approximate surface area is 106 Å². The lowest BCUT2D eigenvalue weighted by Gasteiger charge is -2.21. The van der Waals surface area contributed by atoms with Gasteiger partial charge in [-0.1, -0.05) is 12.1 Å². The molecular formula is C13H17FN2O2. The molecule has 0 radical (unpaired) electrons. The van der Waals surface area contributed by atoms with E-state index in [9.17, 15) is 9.18 Å². The number of rotatable bonds is 5. The van der Waals surface area contributed by atoms with E-state index in [-0.39, 0.29) is 18.0 Å². The minimum Gasteiger partial charge on any atom is -0.447 e. The molecule has 4 nitrogen and oxygen atoms in total. The molecular weight excluding hydrogens is 235 g/mol. The number of nitrogens with two attached hydrogens (primary N) is 1. The second-order valence-corrected chi connectivity index (χ2v) is 4.42. The van der Waals surface area contributed by atoms with Gasteiger partial charge < -0.3 is 10.5 Å². The van der Waals surface area contributed by atoms with Crippen molar-refractivity contribution >= 4 is 6.09 Å². The molecule has 0 spiro atoms. The first-order valence-electron chi connectivity index (χ1n) is 6.08. The number of halogens is 1. The highest BCUT2D eigenvalue weighted by atomic mass is 19.1. The van der Waals surface area contributed by atoms with Crippen LogP contribution in [0.2, 0.25) is 0 Å². The number of hydrogen-bond donors (Lipinski definition) is 1. The van der Waals surface area contributed by atoms with E-state index in [0.717, 1.165) is 18.4 Å². The summed E-state index contributed by atoms with van der Waals surface area (Å²) in [6, 6.07) is 6.31. The number of amides is 1. The van der Waals surface area contributed by atoms with Crippen LogP contribution in [0.1, 0.15) is 18.4 Å². The predicted octanol–water partition coefficient (Wildman–Crippen LogP) is 1.89. The topological polar surface area (TPSA) is 55.6 Å². The Morgan fingerprint density at radius 2 is 2.33 bits per heavy atom. The molecule has 1 amide bonds. The minimum absolute atomic E-state index is 0.0457. The number of carbonyl (C=O) groups is 1. The number of cyclic esters (lactones) is 1. The van der Waals surface area contributed by atoms with Crippen LogP contribution >= 0.6 is 0 Å². The van der Waals surface area contributed by atoms with Crippen molar-refractivity contribution in [1.29, 1.82) is 0 Å². The van der Waals surface area contributed by atoms with Gasteiger partial charge >= 0.3 is 6.09 Å². The Morgan fingerprint density at radius 3 is 3.06 bits per heavy atom. The van der Waals surface area contributed by atoms with E-state index in [1.54, 1.807) is 17.0 Å². The maximum absolute atomic E-state index is 13.1. The Hall–Kier alpha value is -1.62. The first-order valence-corrected chi connectivity index (χ1v) is 6.08. The Morgan fingerprint density at radius 1 is 1.50 bits per heavy atom. The average molecular weight is 252 g/mol. The third-order valence-corrected chi connectivity index (χ3v) is 3.06. The molecule has 98 valence electrons. The fourth-order valence-corrected chi connectivity index (χ4v) is 2.11. The number of hydrogen-bond acceptors (Lipinski definition) is 3. The molecule has 0 aromatic heterocycles. The highest BCUT2D eigenvalue weighted by molar-refractivity contribution is 5.70. The summed E-state index contributed by atoms with van der Waals surface area (Å²) in [5.74, 6) is -0.293. The van der Waals surface area contributed by atoms with Gasteiger partial charge in [0.1, 0.15) is 12.4 Å². The zero-order chi connectivity index (χ0) is 13.0. The van der Waals surface area contributed by atoms with Crippen molar-refractivity contribution in [3.05, 3.63) is 35.6 Å². The molecule has 1 heterocycles. The molecule has 5 heteroatoms. The summed E-state index contributed by atoms with van der Waals surface area (Å²) in [6.45, 7) is 1.37. The molecule has 0 saturated carbocycles. The van der Waals surface area contributed by atoms with Crippen LogP contribution in [0.15, 0.2) is 24.3 Å². The van der Waals surface area contributed by atoms with E-state index < -0.39 is 0 Å². The molecule has 2 rings (SSSR count). The van der Waals surface area contributed by atoms with Crippen LogP contribution < -0.4 is 5.73 Å². The first-order chi connectivity index (χ1) is 8.70. The van der Waals surface area contributed by atoms with Gasteiger partial charge in [-0.15, -0.1) is 0 Å². The maximum atomic E-state index is 13.1. The van der Waals surface area contributed by atoms with E-state index in [4.69, 9.17) is 10.5 Å². The van der Waals surface area contributed by atoms with Crippen LogP contribution in [0.5, 0.6) is 0 Å². The Balaban J connectivity index is 2.03. The quantitative estimate of drug-likeness (QED) is 0.870. The van der Waals surface area contributed by atoms with Gasteiger partial charge in [0.15, 0.2) is 0 Å². The van der Waals surface area contributed by atoms with Gasteiger partial charge in [0.25, 0.3) is 0 Å². The van der Waals surface area contributed by atoms with E-state index in [0.29, 0.717) is 19.7 Å². The number of ether oxygens (including phenoxy) is 1. The summed E-state index contributed by atoms with van der Waals surface area (Å²) in [6.07, 6.45) is 1.33. The second-order valence-electron chi connectivity index (χ2n) is 4.42. The van der Waals surface area contributed by atoms with Crippen LogP contribution in [0, 0.1) is 5.82 Å². The molecule has 2 N–H and O–H groups in total. The molecule has 0 aliphatic carbocycles. The molecule has 18 heavy (non-hydrogen) atoms. The van der Waals surface area contributed by atoms with Crippen molar-refractivity contribution in [2.75, 3.05) is 13.2 Å². The Bertz CT molecular complexity index is 425. The summed E-state index contributed by atoms with van der Waals surface area (Å²) in [5.41, 5.74) is 6.24. The zero-order valence-electron chi connectivity index (χ0n) is 10.1. The highest BCUT2D eigenvalue weighted by Gasteiger charge is 2.32. The van der Waals surface area contributed by atoms with Crippen LogP contribution in [0.4, 0.5) is 9.18 Å². The largest absolute Gasteiger partial charge is 0.447 e. The van der Waals surface area contributed by atoms with Crippen molar-refractivity contribution < 1.29 is 13.9 Å². The number of carbonyl (C=O) groups excluding carboxylic acids is 1. The van der Waals surface area contributed by atoms with Gasteiger partial charge in [0.05, 0.1) is 6.04 Å². The number of nitrogens with zero attached hydrogens (tertiary/aromatic N) is 1. The molecule has 1 fully saturated rings. The Kier molecular flexibility index (Phi) is 4.15. The number of benzene rings is 1. The second kappa shape index (κ2) is 5.82. The van der Waals surface area contributed by atoms with Crippen LogP contribution in [0.3, 0.4) is 0 Å². The van der Waals surface area contributed by atoms with E-state index in [2.05, 4.69) is 0 Å². The summed E-state index contributed by atoms with van der Waals surface area (Å²) < 4.78 is 18.1. The van der Waals surface area contributed by atoms with Gasteiger partial charge in [0, 0.05) is 6.54 Å². The van der Waals surface area contributed by atoms with E-state index in [1.807, 2.05) is 0 Å². The van der Waals surface area contributed by atoms with Gasteiger partial charge in [0.2, 0.25) is 0 Å². The van der Waals surface area contributed by atoms with Gasteiger partial charge in [-0.05, 0) is 37.1 Å². The van der Waals surface area contributed by atoms with Crippen molar-refractivity contribution in [1.82, 2.24) is 4.90 Å². The summed E-state index contributed by atoms with van der Waals surface area (Å²) in [4.78, 5) is 13.3. The van der Waals surface area contributed by atoms with Crippen molar-refractivity contribution in [3.63, 3.8) is 0 Å².